The second-order valence-corrected chi connectivity index (χ2v) is 12.1. The van der Waals surface area contributed by atoms with Crippen LogP contribution >= 0.6 is 0 Å². The van der Waals surface area contributed by atoms with E-state index in [2.05, 4.69) is 92.7 Å². The second kappa shape index (κ2) is 17.1. The van der Waals surface area contributed by atoms with E-state index in [-0.39, 0.29) is 18.0 Å². The van der Waals surface area contributed by atoms with Crippen LogP contribution < -0.4 is 4.74 Å². The van der Waals surface area contributed by atoms with E-state index < -0.39 is 6.10 Å². The molecular formula is C42H48O5. The molecule has 0 fully saturated rings. The number of esters is 1. The highest BCUT2D eigenvalue weighted by molar-refractivity contribution is 5.77. The van der Waals surface area contributed by atoms with Crippen LogP contribution in [0.2, 0.25) is 0 Å². The van der Waals surface area contributed by atoms with E-state index in [0.717, 1.165) is 17.7 Å². The molecule has 0 spiro atoms. The highest BCUT2D eigenvalue weighted by atomic mass is 16.6. The van der Waals surface area contributed by atoms with Gasteiger partial charge < -0.3 is 18.9 Å². The van der Waals surface area contributed by atoms with E-state index in [1.807, 2.05) is 31.2 Å². The van der Waals surface area contributed by atoms with Gasteiger partial charge in [0, 0.05) is 18.9 Å². The van der Waals surface area contributed by atoms with Crippen LogP contribution in [0.15, 0.2) is 91.0 Å². The Bertz CT molecular complexity index is 1610. The third-order valence-corrected chi connectivity index (χ3v) is 8.79. The number of benzene rings is 4. The molecule has 4 aromatic carbocycles. The Morgan fingerprint density at radius 2 is 1.45 bits per heavy atom. The maximum atomic E-state index is 12.3. The topological polar surface area (TPSA) is 54.0 Å². The van der Waals surface area contributed by atoms with Gasteiger partial charge in [0.25, 0.3) is 0 Å². The van der Waals surface area contributed by atoms with Crippen LogP contribution in [0.5, 0.6) is 5.75 Å². The average molecular weight is 633 g/mol. The molecule has 5 heteroatoms. The van der Waals surface area contributed by atoms with Crippen LogP contribution in [0.3, 0.4) is 0 Å². The van der Waals surface area contributed by atoms with Crippen molar-refractivity contribution in [1.29, 1.82) is 0 Å². The highest BCUT2D eigenvalue weighted by Gasteiger charge is 2.24. The van der Waals surface area contributed by atoms with Crippen LogP contribution in [0.25, 0.3) is 12.2 Å². The molecule has 0 aromatic heterocycles. The van der Waals surface area contributed by atoms with Gasteiger partial charge in [0.1, 0.15) is 18.5 Å². The fourth-order valence-corrected chi connectivity index (χ4v) is 6.16. The van der Waals surface area contributed by atoms with Gasteiger partial charge in [-0.3, -0.25) is 0 Å². The van der Waals surface area contributed by atoms with E-state index in [9.17, 15) is 4.79 Å². The van der Waals surface area contributed by atoms with Gasteiger partial charge in [-0.2, -0.15) is 0 Å². The number of unbranched alkanes of at least 4 members (excludes halogenated alkanes) is 1. The highest BCUT2D eigenvalue weighted by Crippen LogP contribution is 2.38. The minimum atomic E-state index is -0.611. The van der Waals surface area contributed by atoms with Gasteiger partial charge in [0.05, 0.1) is 13.2 Å². The third-order valence-electron chi connectivity index (χ3n) is 8.79. The SMILES string of the molecule is CCCCc1ccc2c(c1)C=Cc1cc(C(C)c3ccccc3)ccc1C2OCCOc1ccc(CC(OCC)C(=O)OCC)cc1. The van der Waals surface area contributed by atoms with E-state index in [4.69, 9.17) is 18.9 Å². The second-order valence-electron chi connectivity index (χ2n) is 12.1. The molecule has 0 heterocycles. The summed E-state index contributed by atoms with van der Waals surface area (Å²) in [5.41, 5.74) is 9.68. The summed E-state index contributed by atoms with van der Waals surface area (Å²) in [6.45, 7) is 9.80. The first-order chi connectivity index (χ1) is 23.0. The smallest absolute Gasteiger partial charge is 0.335 e. The first-order valence-corrected chi connectivity index (χ1v) is 17.1. The van der Waals surface area contributed by atoms with Crippen LogP contribution in [0, 0.1) is 0 Å². The summed E-state index contributed by atoms with van der Waals surface area (Å²) in [7, 11) is 0. The van der Waals surface area contributed by atoms with Crippen molar-refractivity contribution in [2.24, 2.45) is 0 Å². The van der Waals surface area contributed by atoms with Crippen LogP contribution in [-0.4, -0.2) is 38.5 Å². The summed E-state index contributed by atoms with van der Waals surface area (Å²) in [5.74, 6) is 0.711. The monoisotopic (exact) mass is 632 g/mol. The lowest BCUT2D eigenvalue weighted by Crippen LogP contribution is -2.28. The first-order valence-electron chi connectivity index (χ1n) is 17.1. The predicted octanol–water partition coefficient (Wildman–Crippen LogP) is 9.36. The summed E-state index contributed by atoms with van der Waals surface area (Å²) < 4.78 is 23.6. The quantitative estimate of drug-likeness (QED) is 0.0910. The van der Waals surface area contributed by atoms with Crippen molar-refractivity contribution in [3.63, 3.8) is 0 Å². The Hall–Kier alpha value is -4.19. The zero-order valence-electron chi connectivity index (χ0n) is 28.2. The predicted molar refractivity (Wildman–Crippen MR) is 190 cm³/mol. The average Bonchev–Trinajstić information content (AvgIpc) is 3.25. The zero-order valence-corrected chi connectivity index (χ0v) is 28.2. The zero-order chi connectivity index (χ0) is 33.0. The van der Waals surface area contributed by atoms with Crippen LogP contribution in [0.1, 0.15) is 97.1 Å². The molecule has 4 aromatic rings. The number of rotatable bonds is 16. The molecular weight excluding hydrogens is 584 g/mol. The van der Waals surface area contributed by atoms with E-state index in [0.29, 0.717) is 32.8 Å². The lowest BCUT2D eigenvalue weighted by Gasteiger charge is -2.23. The Morgan fingerprint density at radius 1 is 0.745 bits per heavy atom. The molecule has 47 heavy (non-hydrogen) atoms. The van der Waals surface area contributed by atoms with Gasteiger partial charge in [0.2, 0.25) is 0 Å². The van der Waals surface area contributed by atoms with Crippen molar-refractivity contribution in [3.8, 4) is 5.75 Å². The number of carbonyl (C=O) groups is 1. The number of ether oxygens (including phenoxy) is 4. The Kier molecular flexibility index (Phi) is 12.4. The molecule has 246 valence electrons. The number of hydrogen-bond acceptors (Lipinski definition) is 5. The standard InChI is InChI=1S/C42H48O5/c1-5-8-12-31-17-23-38-35(27-31)18-19-36-29-34(30(4)33-13-10-9-11-14-33)20-24-39(36)41(38)47-26-25-46-37-21-15-32(16-22-37)28-40(44-6-2)42(43)45-7-3/h9-11,13-24,27,29-30,40-41H,5-8,12,25-26,28H2,1-4H3. The molecule has 5 rings (SSSR count). The molecule has 1 aliphatic rings. The maximum Gasteiger partial charge on any atom is 0.335 e. The lowest BCUT2D eigenvalue weighted by atomic mass is 9.88. The van der Waals surface area contributed by atoms with Crippen molar-refractivity contribution >= 4 is 18.1 Å². The van der Waals surface area contributed by atoms with E-state index in [1.54, 1.807) is 6.92 Å². The van der Waals surface area contributed by atoms with Gasteiger partial charge in [-0.15, -0.1) is 0 Å². The van der Waals surface area contributed by atoms with Crippen molar-refractivity contribution < 1.29 is 23.7 Å². The van der Waals surface area contributed by atoms with Crippen molar-refractivity contribution in [2.75, 3.05) is 26.4 Å². The van der Waals surface area contributed by atoms with Crippen LogP contribution in [0.4, 0.5) is 0 Å². The van der Waals surface area contributed by atoms with Gasteiger partial charge >= 0.3 is 5.97 Å². The fraction of sp³-hybridized carbons (Fsp3) is 0.357. The largest absolute Gasteiger partial charge is 0.491 e. The molecule has 3 unspecified atom stereocenters. The molecule has 0 aliphatic heterocycles. The van der Waals surface area contributed by atoms with Crippen molar-refractivity contribution in [1.82, 2.24) is 0 Å². The molecule has 0 amide bonds. The Labute approximate surface area is 280 Å². The number of fused-ring (bicyclic) bond motifs is 2. The summed E-state index contributed by atoms with van der Waals surface area (Å²) in [4.78, 5) is 12.3. The lowest BCUT2D eigenvalue weighted by molar-refractivity contribution is -0.156. The number of carbonyl (C=O) groups excluding carboxylic acids is 1. The molecule has 3 atom stereocenters. The van der Waals surface area contributed by atoms with Crippen molar-refractivity contribution in [2.45, 2.75) is 71.5 Å². The molecule has 0 saturated carbocycles. The minimum absolute atomic E-state index is 0.208. The first kappa shape index (κ1) is 34.2. The number of hydrogen-bond donors (Lipinski definition) is 0. The van der Waals surface area contributed by atoms with E-state index >= 15 is 0 Å². The summed E-state index contributed by atoms with van der Waals surface area (Å²) in [5, 5.41) is 0. The van der Waals surface area contributed by atoms with Gasteiger partial charge in [-0.1, -0.05) is 111 Å². The normalized spacial score (nSPS) is 14.9. The third kappa shape index (κ3) is 9.00. The summed E-state index contributed by atoms with van der Waals surface area (Å²) in [6.07, 6.45) is 7.57. The fourth-order valence-electron chi connectivity index (χ4n) is 6.16. The molecule has 5 nitrogen and oxygen atoms in total. The van der Waals surface area contributed by atoms with Crippen molar-refractivity contribution in [3.05, 3.63) is 136 Å². The molecule has 0 saturated heterocycles. The summed E-state index contributed by atoms with van der Waals surface area (Å²) >= 11 is 0. The maximum absolute atomic E-state index is 12.3. The minimum Gasteiger partial charge on any atom is -0.491 e. The molecule has 1 aliphatic carbocycles. The number of aryl methyl sites for hydroxylation is 1. The van der Waals surface area contributed by atoms with Gasteiger partial charge in [-0.05, 0) is 83.3 Å². The molecule has 0 bridgehead atoms. The molecule has 0 N–H and O–H groups in total. The van der Waals surface area contributed by atoms with Gasteiger partial charge in [0.15, 0.2) is 6.10 Å². The Balaban J connectivity index is 1.29. The van der Waals surface area contributed by atoms with Crippen LogP contribution in [-0.2, 0) is 31.8 Å². The Morgan fingerprint density at radius 3 is 2.15 bits per heavy atom. The van der Waals surface area contributed by atoms with E-state index in [1.165, 1.54) is 51.8 Å². The van der Waals surface area contributed by atoms with Gasteiger partial charge in [-0.25, -0.2) is 4.79 Å². The molecule has 0 radical (unpaired) electrons. The summed E-state index contributed by atoms with van der Waals surface area (Å²) in [6, 6.07) is 32.1.